The molecule has 0 bridgehead atoms. The molecular formula is C14H20ClN5O2S. The minimum atomic E-state index is -0.312. The van der Waals surface area contributed by atoms with Gasteiger partial charge in [-0.2, -0.15) is 10.1 Å². The smallest absolute Gasteiger partial charge is 0.293 e. The topological polar surface area (TPSA) is 85.0 Å². The van der Waals surface area contributed by atoms with Crippen LogP contribution in [0.3, 0.4) is 0 Å². The van der Waals surface area contributed by atoms with Crippen LogP contribution < -0.4 is 10.6 Å². The molecule has 9 heteroatoms. The van der Waals surface area contributed by atoms with E-state index in [4.69, 9.17) is 4.42 Å². The Balaban J connectivity index is 0.00000192. The molecule has 1 fully saturated rings. The van der Waals surface area contributed by atoms with Crippen molar-refractivity contribution in [1.82, 2.24) is 20.1 Å². The zero-order valence-corrected chi connectivity index (χ0v) is 14.7. The molecule has 1 aliphatic heterocycles. The second-order valence-electron chi connectivity index (χ2n) is 5.22. The van der Waals surface area contributed by atoms with E-state index >= 15 is 0 Å². The van der Waals surface area contributed by atoms with E-state index in [-0.39, 0.29) is 24.1 Å². The Labute approximate surface area is 145 Å². The van der Waals surface area contributed by atoms with Gasteiger partial charge in [-0.25, -0.2) is 4.68 Å². The molecule has 0 spiro atoms. The van der Waals surface area contributed by atoms with Crippen LogP contribution in [-0.4, -0.2) is 40.0 Å². The Kier molecular flexibility index (Phi) is 6.09. The van der Waals surface area contributed by atoms with Crippen LogP contribution in [0.1, 0.15) is 35.1 Å². The zero-order chi connectivity index (χ0) is 15.5. The predicted octanol–water partition coefficient (Wildman–Crippen LogP) is 2.27. The maximum Gasteiger partial charge on any atom is 0.293 e. The Hall–Kier alpha value is -1.51. The molecule has 3 rings (SSSR count). The normalized spacial score (nSPS) is 15.2. The van der Waals surface area contributed by atoms with Gasteiger partial charge in [-0.15, -0.1) is 12.4 Å². The molecule has 0 radical (unpaired) electrons. The quantitative estimate of drug-likeness (QED) is 0.816. The van der Waals surface area contributed by atoms with E-state index in [2.05, 4.69) is 20.7 Å². The third kappa shape index (κ3) is 4.07. The van der Waals surface area contributed by atoms with Gasteiger partial charge in [0.25, 0.3) is 5.91 Å². The van der Waals surface area contributed by atoms with Gasteiger partial charge in [-0.05, 0) is 44.3 Å². The highest BCUT2D eigenvalue weighted by Crippen LogP contribution is 2.24. The maximum absolute atomic E-state index is 12.2. The molecule has 7 nitrogen and oxygen atoms in total. The zero-order valence-electron chi connectivity index (χ0n) is 13.0. The summed E-state index contributed by atoms with van der Waals surface area (Å²) < 4.78 is 7.02. The number of hydrogen-bond acceptors (Lipinski definition) is 6. The number of thioether (sulfide) groups is 1. The summed E-state index contributed by atoms with van der Waals surface area (Å²) in [6.07, 6.45) is 3.94. The summed E-state index contributed by atoms with van der Waals surface area (Å²) in [6.45, 7) is 1.96. The van der Waals surface area contributed by atoms with Gasteiger partial charge < -0.3 is 9.73 Å². The van der Waals surface area contributed by atoms with Gasteiger partial charge in [-0.3, -0.25) is 10.1 Å². The second-order valence-corrected chi connectivity index (χ2v) is 6.03. The first kappa shape index (κ1) is 17.8. The minimum absolute atomic E-state index is 0. The molecule has 1 amide bonds. The second kappa shape index (κ2) is 7.85. The molecule has 2 aromatic rings. The molecular weight excluding hydrogens is 338 g/mol. The Morgan fingerprint density at radius 2 is 2.17 bits per heavy atom. The third-order valence-corrected chi connectivity index (χ3v) is 4.34. The van der Waals surface area contributed by atoms with E-state index in [1.807, 2.05) is 6.26 Å². The number of carbonyl (C=O) groups excluding carboxylic acids is 1. The van der Waals surface area contributed by atoms with Crippen LogP contribution in [0, 0.1) is 0 Å². The van der Waals surface area contributed by atoms with Crippen LogP contribution in [0.5, 0.6) is 0 Å². The summed E-state index contributed by atoms with van der Waals surface area (Å²) in [7, 11) is 1.78. The van der Waals surface area contributed by atoms with Crippen molar-refractivity contribution in [2.75, 3.05) is 24.7 Å². The van der Waals surface area contributed by atoms with Crippen molar-refractivity contribution >= 4 is 36.0 Å². The molecule has 0 saturated carbocycles. The number of nitrogens with one attached hydrogen (secondary N) is 2. The number of aryl methyl sites for hydroxylation is 1. The van der Waals surface area contributed by atoms with Crippen molar-refractivity contribution in [3.05, 3.63) is 23.7 Å². The lowest BCUT2D eigenvalue weighted by Crippen LogP contribution is -2.27. The Morgan fingerprint density at radius 3 is 2.83 bits per heavy atom. The first-order chi connectivity index (χ1) is 10.7. The van der Waals surface area contributed by atoms with E-state index < -0.39 is 0 Å². The molecule has 1 aliphatic rings. The number of nitrogens with zero attached hydrogens (tertiary/aromatic N) is 3. The lowest BCUT2D eigenvalue weighted by atomic mass is 9.98. The molecule has 2 N–H and O–H groups in total. The fourth-order valence-corrected chi connectivity index (χ4v) is 2.86. The third-order valence-electron chi connectivity index (χ3n) is 3.72. The lowest BCUT2D eigenvalue weighted by Gasteiger charge is -2.19. The SMILES string of the molecule is CSc1ccc(C(=O)Nc2nc(C3CCNCC3)nn2C)o1.Cl. The monoisotopic (exact) mass is 357 g/mol. The van der Waals surface area contributed by atoms with E-state index in [1.165, 1.54) is 11.8 Å². The van der Waals surface area contributed by atoms with Crippen LogP contribution in [0.4, 0.5) is 5.95 Å². The van der Waals surface area contributed by atoms with Crippen molar-refractivity contribution < 1.29 is 9.21 Å². The molecule has 1 saturated heterocycles. The molecule has 0 atom stereocenters. The van der Waals surface area contributed by atoms with Crippen LogP contribution in [0.2, 0.25) is 0 Å². The fraction of sp³-hybridized carbons (Fsp3) is 0.500. The van der Waals surface area contributed by atoms with Gasteiger partial charge in [0.2, 0.25) is 5.95 Å². The summed E-state index contributed by atoms with van der Waals surface area (Å²) in [5.41, 5.74) is 0. The van der Waals surface area contributed by atoms with E-state index in [0.717, 1.165) is 31.8 Å². The number of amides is 1. The average Bonchev–Trinajstić information content (AvgIpc) is 3.15. The van der Waals surface area contributed by atoms with Gasteiger partial charge in [0.1, 0.15) is 0 Å². The Bertz CT molecular complexity index is 666. The van der Waals surface area contributed by atoms with Crippen molar-refractivity contribution in [2.45, 2.75) is 23.9 Å². The van der Waals surface area contributed by atoms with Crippen LogP contribution in [-0.2, 0) is 7.05 Å². The highest BCUT2D eigenvalue weighted by Gasteiger charge is 2.22. The first-order valence-electron chi connectivity index (χ1n) is 7.24. The first-order valence-corrected chi connectivity index (χ1v) is 8.46. The Morgan fingerprint density at radius 1 is 1.43 bits per heavy atom. The van der Waals surface area contributed by atoms with Crippen molar-refractivity contribution in [3.63, 3.8) is 0 Å². The molecule has 0 aliphatic carbocycles. The molecule has 2 aromatic heterocycles. The number of halogens is 1. The van der Waals surface area contributed by atoms with Crippen molar-refractivity contribution in [3.8, 4) is 0 Å². The summed E-state index contributed by atoms with van der Waals surface area (Å²) >= 11 is 1.45. The predicted molar refractivity (Wildman–Crippen MR) is 91.5 cm³/mol. The van der Waals surface area contributed by atoms with Gasteiger partial charge >= 0.3 is 0 Å². The van der Waals surface area contributed by atoms with Gasteiger partial charge in [0.15, 0.2) is 16.7 Å². The molecule has 0 aromatic carbocycles. The lowest BCUT2D eigenvalue weighted by molar-refractivity contribution is 0.0990. The van der Waals surface area contributed by atoms with Gasteiger partial charge in [-0.1, -0.05) is 11.8 Å². The standard InChI is InChI=1S/C14H19N5O2S.ClH/c1-19-14(16-12(18-19)9-5-7-15-8-6-9)17-13(20)10-3-4-11(21-10)22-2;/h3-4,9,15H,5-8H2,1-2H3,(H,16,17,18,20);1H. The highest BCUT2D eigenvalue weighted by molar-refractivity contribution is 7.98. The highest BCUT2D eigenvalue weighted by atomic mass is 35.5. The molecule has 3 heterocycles. The fourth-order valence-electron chi connectivity index (χ4n) is 2.48. The summed E-state index contributed by atoms with van der Waals surface area (Å²) in [4.78, 5) is 16.6. The van der Waals surface area contributed by atoms with Crippen molar-refractivity contribution in [2.24, 2.45) is 7.05 Å². The molecule has 23 heavy (non-hydrogen) atoms. The van der Waals surface area contributed by atoms with Crippen LogP contribution in [0.25, 0.3) is 0 Å². The molecule has 126 valence electrons. The van der Waals surface area contributed by atoms with E-state index in [1.54, 1.807) is 23.9 Å². The number of rotatable bonds is 4. The summed E-state index contributed by atoms with van der Waals surface area (Å²) in [6, 6.07) is 3.43. The minimum Gasteiger partial charge on any atom is -0.445 e. The van der Waals surface area contributed by atoms with Gasteiger partial charge in [0.05, 0.1) is 0 Å². The number of hydrogen-bond donors (Lipinski definition) is 2. The number of carbonyl (C=O) groups is 1. The van der Waals surface area contributed by atoms with E-state index in [0.29, 0.717) is 17.0 Å². The largest absolute Gasteiger partial charge is 0.445 e. The average molecular weight is 358 g/mol. The number of piperidine rings is 1. The number of anilines is 1. The molecule has 0 unspecified atom stereocenters. The van der Waals surface area contributed by atoms with Crippen LogP contribution in [0.15, 0.2) is 21.6 Å². The van der Waals surface area contributed by atoms with Gasteiger partial charge in [0, 0.05) is 13.0 Å². The van der Waals surface area contributed by atoms with E-state index in [9.17, 15) is 4.79 Å². The van der Waals surface area contributed by atoms with Crippen LogP contribution >= 0.6 is 24.2 Å². The summed E-state index contributed by atoms with van der Waals surface area (Å²) in [5, 5.41) is 11.2. The number of furan rings is 1. The summed E-state index contributed by atoms with van der Waals surface area (Å²) in [5.74, 6) is 1.55. The van der Waals surface area contributed by atoms with Crippen molar-refractivity contribution in [1.29, 1.82) is 0 Å². The maximum atomic E-state index is 12.2. The number of aromatic nitrogens is 3.